The molecule has 1 amide bonds. The Morgan fingerprint density at radius 3 is 2.42 bits per heavy atom. The monoisotopic (exact) mass is 385 g/mol. The van der Waals surface area contributed by atoms with Crippen LogP contribution >= 0.6 is 0 Å². The molecule has 1 aromatic rings. The van der Waals surface area contributed by atoms with Crippen LogP contribution in [0.4, 0.5) is 4.79 Å². The highest BCUT2D eigenvalue weighted by atomic mass is 32.2. The zero-order valence-electron chi connectivity index (χ0n) is 15.6. The van der Waals surface area contributed by atoms with Gasteiger partial charge in [-0.3, -0.25) is 4.18 Å². The summed E-state index contributed by atoms with van der Waals surface area (Å²) < 4.78 is 34.9. The zero-order chi connectivity index (χ0) is 19.5. The number of likely N-dealkylation sites (tertiary alicyclic amines) is 1. The van der Waals surface area contributed by atoms with Crippen LogP contribution in [0, 0.1) is 12.8 Å². The molecule has 1 saturated heterocycles. The van der Waals surface area contributed by atoms with Crippen molar-refractivity contribution in [1.82, 2.24) is 4.90 Å². The maximum Gasteiger partial charge on any atom is 0.410 e. The summed E-state index contributed by atoms with van der Waals surface area (Å²) in [5, 5.41) is 10.3. The Kier molecular flexibility index (Phi) is 6.31. The largest absolute Gasteiger partial charge is 0.444 e. The Morgan fingerprint density at radius 2 is 1.88 bits per heavy atom. The molecule has 1 aliphatic heterocycles. The van der Waals surface area contributed by atoms with Crippen LogP contribution in [0.5, 0.6) is 0 Å². The second kappa shape index (κ2) is 7.94. The van der Waals surface area contributed by atoms with Crippen molar-refractivity contribution in [2.45, 2.75) is 50.7 Å². The van der Waals surface area contributed by atoms with Crippen LogP contribution in [0.25, 0.3) is 0 Å². The molecule has 1 aliphatic rings. The molecule has 0 bridgehead atoms. The summed E-state index contributed by atoms with van der Waals surface area (Å²) >= 11 is 0. The van der Waals surface area contributed by atoms with E-state index in [1.54, 1.807) is 32.9 Å². The Morgan fingerprint density at radius 1 is 1.27 bits per heavy atom. The molecule has 8 heteroatoms. The lowest BCUT2D eigenvalue weighted by Gasteiger charge is -2.36. The number of aryl methyl sites for hydroxylation is 1. The summed E-state index contributed by atoms with van der Waals surface area (Å²) in [4.78, 5) is 13.6. The van der Waals surface area contributed by atoms with Crippen LogP contribution in [-0.4, -0.2) is 55.9 Å². The first-order valence-corrected chi connectivity index (χ1v) is 10.0. The number of amides is 1. The van der Waals surface area contributed by atoms with Crippen molar-refractivity contribution in [1.29, 1.82) is 0 Å². The minimum atomic E-state index is -3.87. The van der Waals surface area contributed by atoms with Gasteiger partial charge in [0.15, 0.2) is 0 Å². The average molecular weight is 385 g/mol. The molecule has 146 valence electrons. The predicted molar refractivity (Wildman–Crippen MR) is 96.2 cm³/mol. The second-order valence-electron chi connectivity index (χ2n) is 7.59. The Bertz CT molecular complexity index is 723. The molecule has 0 unspecified atom stereocenters. The Hall–Kier alpha value is -1.64. The van der Waals surface area contributed by atoms with Gasteiger partial charge in [0.25, 0.3) is 10.1 Å². The molecule has 2 atom stereocenters. The molecule has 7 nitrogen and oxygen atoms in total. The standard InChI is InChI=1S/C18H27NO6S/c1-13-5-7-15(8-6-13)26(22,23)24-12-14-9-10-19(11-16(14)20)17(21)25-18(2,3)4/h5-8,14,16,20H,9-12H2,1-4H3/t14-,16+/m0/s1. The molecule has 2 rings (SSSR count). The minimum absolute atomic E-state index is 0.0868. The van der Waals surface area contributed by atoms with E-state index in [2.05, 4.69) is 0 Å². The van der Waals surface area contributed by atoms with Gasteiger partial charge in [0, 0.05) is 12.5 Å². The smallest absolute Gasteiger partial charge is 0.410 e. The predicted octanol–water partition coefficient (Wildman–Crippen LogP) is 2.32. The van der Waals surface area contributed by atoms with Gasteiger partial charge in [-0.05, 0) is 46.2 Å². The number of rotatable bonds is 4. The van der Waals surface area contributed by atoms with Crippen LogP contribution in [0.3, 0.4) is 0 Å². The van der Waals surface area contributed by atoms with Gasteiger partial charge in [0.2, 0.25) is 0 Å². The fraction of sp³-hybridized carbons (Fsp3) is 0.611. The summed E-state index contributed by atoms with van der Waals surface area (Å²) in [6.45, 7) is 7.54. The number of carbonyl (C=O) groups is 1. The molecule has 1 heterocycles. The molecule has 26 heavy (non-hydrogen) atoms. The van der Waals surface area contributed by atoms with Crippen LogP contribution in [0.1, 0.15) is 32.8 Å². The highest BCUT2D eigenvalue weighted by Gasteiger charge is 2.33. The summed E-state index contributed by atoms with van der Waals surface area (Å²) in [5.41, 5.74) is 0.346. The molecule has 1 aromatic carbocycles. The van der Waals surface area contributed by atoms with Crippen molar-refractivity contribution < 1.29 is 27.2 Å². The number of hydrogen-bond donors (Lipinski definition) is 1. The van der Waals surface area contributed by atoms with E-state index in [9.17, 15) is 18.3 Å². The van der Waals surface area contributed by atoms with Crippen LogP contribution < -0.4 is 0 Å². The van der Waals surface area contributed by atoms with E-state index in [0.717, 1.165) is 5.56 Å². The summed E-state index contributed by atoms with van der Waals surface area (Å²) in [6, 6.07) is 6.38. The number of carbonyl (C=O) groups excluding carboxylic acids is 1. The van der Waals surface area contributed by atoms with E-state index in [4.69, 9.17) is 8.92 Å². The third-order valence-electron chi connectivity index (χ3n) is 4.12. The molecule has 0 radical (unpaired) electrons. The lowest BCUT2D eigenvalue weighted by atomic mass is 9.95. The molecule has 0 saturated carbocycles. The van der Waals surface area contributed by atoms with Gasteiger partial charge in [0.05, 0.1) is 24.2 Å². The first kappa shape index (κ1) is 20.7. The molecule has 1 fully saturated rings. The summed E-state index contributed by atoms with van der Waals surface area (Å²) in [6.07, 6.45) is -0.920. The number of aliphatic hydroxyl groups is 1. The molecule has 1 N–H and O–H groups in total. The number of β-amino-alcohol motifs (C(OH)–C–C–N with tert-alkyl or cyclic N) is 1. The van der Waals surface area contributed by atoms with Crippen LogP contribution in [0.15, 0.2) is 29.2 Å². The highest BCUT2D eigenvalue weighted by Crippen LogP contribution is 2.22. The first-order valence-electron chi connectivity index (χ1n) is 8.60. The number of benzene rings is 1. The van der Waals surface area contributed by atoms with Crippen molar-refractivity contribution in [3.05, 3.63) is 29.8 Å². The molecule has 0 spiro atoms. The van der Waals surface area contributed by atoms with Gasteiger partial charge in [-0.25, -0.2) is 4.79 Å². The normalized spacial score (nSPS) is 21.5. The Balaban J connectivity index is 1.90. The lowest BCUT2D eigenvalue weighted by Crippen LogP contribution is -2.49. The Labute approximate surface area is 155 Å². The number of hydrogen-bond acceptors (Lipinski definition) is 6. The molecular formula is C18H27NO6S. The molecular weight excluding hydrogens is 358 g/mol. The lowest BCUT2D eigenvalue weighted by molar-refractivity contribution is -0.0206. The van der Waals surface area contributed by atoms with Crippen molar-refractivity contribution in [2.24, 2.45) is 5.92 Å². The first-order chi connectivity index (χ1) is 12.0. The van der Waals surface area contributed by atoms with E-state index < -0.39 is 27.9 Å². The van der Waals surface area contributed by atoms with E-state index in [-0.39, 0.29) is 24.0 Å². The van der Waals surface area contributed by atoms with Crippen LogP contribution in [-0.2, 0) is 19.0 Å². The fourth-order valence-electron chi connectivity index (χ4n) is 2.62. The zero-order valence-corrected chi connectivity index (χ0v) is 16.5. The topological polar surface area (TPSA) is 93.1 Å². The van der Waals surface area contributed by atoms with E-state index in [1.807, 2.05) is 6.92 Å². The third kappa shape index (κ3) is 5.69. The summed E-state index contributed by atoms with van der Waals surface area (Å²) in [5.74, 6) is -0.367. The van der Waals surface area contributed by atoms with E-state index in [1.165, 1.54) is 17.0 Å². The van der Waals surface area contributed by atoms with E-state index >= 15 is 0 Å². The van der Waals surface area contributed by atoms with Gasteiger partial charge in [-0.15, -0.1) is 0 Å². The number of aliphatic hydroxyl groups excluding tert-OH is 1. The summed E-state index contributed by atoms with van der Waals surface area (Å²) in [7, 11) is -3.87. The SMILES string of the molecule is Cc1ccc(S(=O)(=O)OC[C@@H]2CCN(C(=O)OC(C)(C)C)C[C@H]2O)cc1. The van der Waals surface area contributed by atoms with Gasteiger partial charge in [-0.2, -0.15) is 8.42 Å². The average Bonchev–Trinajstić information content (AvgIpc) is 2.52. The molecule has 0 aromatic heterocycles. The highest BCUT2D eigenvalue weighted by molar-refractivity contribution is 7.86. The number of piperidine rings is 1. The van der Waals surface area contributed by atoms with Gasteiger partial charge < -0.3 is 14.7 Å². The third-order valence-corrected chi connectivity index (χ3v) is 5.42. The van der Waals surface area contributed by atoms with Gasteiger partial charge in [-0.1, -0.05) is 17.7 Å². The quantitative estimate of drug-likeness (QED) is 0.800. The van der Waals surface area contributed by atoms with Crippen molar-refractivity contribution >= 4 is 16.2 Å². The number of nitrogens with zero attached hydrogens (tertiary/aromatic N) is 1. The van der Waals surface area contributed by atoms with Crippen molar-refractivity contribution in [2.75, 3.05) is 19.7 Å². The van der Waals surface area contributed by atoms with Gasteiger partial charge in [0.1, 0.15) is 5.60 Å². The molecule has 0 aliphatic carbocycles. The second-order valence-corrected chi connectivity index (χ2v) is 9.21. The van der Waals surface area contributed by atoms with Crippen LogP contribution in [0.2, 0.25) is 0 Å². The maximum atomic E-state index is 12.2. The van der Waals surface area contributed by atoms with Gasteiger partial charge >= 0.3 is 6.09 Å². The minimum Gasteiger partial charge on any atom is -0.444 e. The number of ether oxygens (including phenoxy) is 1. The van der Waals surface area contributed by atoms with E-state index in [0.29, 0.717) is 13.0 Å². The van der Waals surface area contributed by atoms with Crippen molar-refractivity contribution in [3.63, 3.8) is 0 Å². The maximum absolute atomic E-state index is 12.2. The fourth-order valence-corrected chi connectivity index (χ4v) is 3.58. The van der Waals surface area contributed by atoms with Crippen molar-refractivity contribution in [3.8, 4) is 0 Å².